The second-order valence-corrected chi connectivity index (χ2v) is 5.64. The van der Waals surface area contributed by atoms with E-state index in [2.05, 4.69) is 9.94 Å². The predicted molar refractivity (Wildman–Crippen MR) is 54.8 cm³/mol. The molecule has 0 radical (unpaired) electrons. The minimum absolute atomic E-state index is 0.0748. The van der Waals surface area contributed by atoms with Gasteiger partial charge in [0.05, 0.1) is 0 Å². The molecule has 18 heavy (non-hydrogen) atoms. The fraction of sp³-hybridized carbons (Fsp3) is 0.556. The van der Waals surface area contributed by atoms with E-state index in [4.69, 9.17) is 9.84 Å². The average molecular weight is 372 g/mol. The number of nitrogens with zero attached hydrogens (tertiary/aromatic N) is 2. The van der Waals surface area contributed by atoms with Gasteiger partial charge in [0.2, 0.25) is 0 Å². The molecule has 2 N–H and O–H groups in total. The van der Waals surface area contributed by atoms with Gasteiger partial charge in [0.25, 0.3) is 0 Å². The van der Waals surface area contributed by atoms with Crippen molar-refractivity contribution in [1.82, 2.24) is 9.78 Å². The van der Waals surface area contributed by atoms with Gasteiger partial charge in [-0.05, 0) is 0 Å². The van der Waals surface area contributed by atoms with Crippen molar-refractivity contribution in [2.45, 2.75) is 20.1 Å². The molecule has 0 spiro atoms. The molecule has 8 nitrogen and oxygen atoms in total. The number of ether oxygens (including phenoxy) is 1. The molecule has 0 aliphatic carbocycles. The molecular weight excluding hydrogens is 357 g/mol. The fourth-order valence-electron chi connectivity index (χ4n) is 1.18. The summed E-state index contributed by atoms with van der Waals surface area (Å²) in [6.07, 6.45) is 0. The van der Waals surface area contributed by atoms with Gasteiger partial charge in [-0.3, -0.25) is 0 Å². The summed E-state index contributed by atoms with van der Waals surface area (Å²) in [7, 11) is 1.31. The Morgan fingerprint density at radius 3 is 3.00 bits per heavy atom. The molecule has 1 aromatic rings. The number of nitrogens with one attached hydrogen (secondary N) is 1. The third kappa shape index (κ3) is 4.49. The van der Waals surface area contributed by atoms with Crippen molar-refractivity contribution >= 4 is 5.97 Å². The number of hydrogen-bond donors (Lipinski definition) is 2. The van der Waals surface area contributed by atoms with Gasteiger partial charge in [-0.15, -0.1) is 0 Å². The van der Waals surface area contributed by atoms with E-state index < -0.39 is 27.4 Å². The number of carbonyl (C=O) groups excluding carboxylic acids is 1. The van der Waals surface area contributed by atoms with Crippen LogP contribution in [0.15, 0.2) is 6.07 Å². The molecule has 104 valence electrons. The van der Waals surface area contributed by atoms with Gasteiger partial charge in [-0.25, -0.2) is 0 Å². The van der Waals surface area contributed by atoms with Crippen LogP contribution in [-0.4, -0.2) is 34.6 Å². The molecule has 1 rings (SSSR count). The summed E-state index contributed by atoms with van der Waals surface area (Å²) in [5.41, 5.74) is 0.474. The summed E-state index contributed by atoms with van der Waals surface area (Å²) in [4.78, 5) is 15.9. The SMILES string of the molecule is CCOC(=O)Cn1nc([I-][NH+]([O-])OC)cc1CO. The molecule has 1 atom stereocenters. The summed E-state index contributed by atoms with van der Waals surface area (Å²) in [5.74, 6) is -0.432. The van der Waals surface area contributed by atoms with Gasteiger partial charge in [0, 0.05) is 0 Å². The number of carbonyl (C=O) groups is 1. The van der Waals surface area contributed by atoms with Crippen LogP contribution in [-0.2, 0) is 27.5 Å². The van der Waals surface area contributed by atoms with Gasteiger partial charge < -0.3 is 0 Å². The van der Waals surface area contributed by atoms with Gasteiger partial charge in [-0.1, -0.05) is 0 Å². The van der Waals surface area contributed by atoms with E-state index in [1.54, 1.807) is 13.0 Å². The molecule has 0 bridgehead atoms. The van der Waals surface area contributed by atoms with Crippen LogP contribution in [0.3, 0.4) is 0 Å². The van der Waals surface area contributed by atoms with Crippen LogP contribution in [0.1, 0.15) is 12.6 Å². The van der Waals surface area contributed by atoms with Gasteiger partial charge >= 0.3 is 115 Å². The molecule has 0 fully saturated rings. The maximum atomic E-state index is 11.3. The molecule has 0 aliphatic heterocycles. The zero-order valence-electron chi connectivity index (χ0n) is 10.1. The molecule has 1 unspecified atom stereocenters. The second kappa shape index (κ2) is 7.63. The number of hydrogen-bond acceptors (Lipinski definition) is 6. The monoisotopic (exact) mass is 372 g/mol. The molecule has 0 aliphatic rings. The first-order chi connectivity index (χ1) is 8.60. The fourth-order valence-corrected chi connectivity index (χ4v) is 2.73. The molecule has 1 heterocycles. The number of aliphatic hydroxyl groups excluding tert-OH is 1. The number of aliphatic hydroxyl groups is 1. The standard InChI is InChI=1S/C9H15IN3O5/c1-3-18-9(15)5-12-7(6-14)4-8(11-12)10-13(16)17-2/h4,13-14H,3,5-6H2,1-2H3/q-1. The third-order valence-electron chi connectivity index (χ3n) is 1.91. The molecule has 0 saturated carbocycles. The predicted octanol–water partition coefficient (Wildman–Crippen LogP) is -4.94. The first kappa shape index (κ1) is 15.3. The second-order valence-electron chi connectivity index (χ2n) is 3.12. The Labute approximate surface area is 115 Å². The summed E-state index contributed by atoms with van der Waals surface area (Å²) in [6.45, 7) is 1.67. The maximum absolute atomic E-state index is 11.3. The Bertz CT molecular complexity index is 398. The quantitative estimate of drug-likeness (QED) is 0.215. The first-order valence-corrected chi connectivity index (χ1v) is 7.32. The number of aromatic nitrogens is 2. The molecule has 9 heteroatoms. The van der Waals surface area contributed by atoms with E-state index in [9.17, 15) is 10.0 Å². The van der Waals surface area contributed by atoms with Crippen molar-refractivity contribution in [2.24, 2.45) is 0 Å². The normalized spacial score (nSPS) is 12.7. The van der Waals surface area contributed by atoms with E-state index in [0.29, 0.717) is 9.39 Å². The number of quaternary nitrogens is 1. The van der Waals surface area contributed by atoms with Crippen LogP contribution in [0.2, 0.25) is 0 Å². The Morgan fingerprint density at radius 1 is 1.72 bits per heavy atom. The van der Waals surface area contributed by atoms with Crippen LogP contribution in [0.4, 0.5) is 0 Å². The van der Waals surface area contributed by atoms with Crippen LogP contribution in [0.25, 0.3) is 0 Å². The van der Waals surface area contributed by atoms with Crippen molar-refractivity contribution in [3.63, 3.8) is 0 Å². The average Bonchev–Trinajstić information content (AvgIpc) is 2.71. The summed E-state index contributed by atoms with van der Waals surface area (Å²) >= 11 is -1.03. The van der Waals surface area contributed by atoms with E-state index >= 15 is 0 Å². The van der Waals surface area contributed by atoms with Crippen LogP contribution in [0.5, 0.6) is 0 Å². The van der Waals surface area contributed by atoms with Crippen molar-refractivity contribution in [3.8, 4) is 0 Å². The molecule has 1 aromatic heterocycles. The molecule has 0 aromatic carbocycles. The molecular formula is C9H15IN3O5-. The zero-order chi connectivity index (χ0) is 13.5. The van der Waals surface area contributed by atoms with Crippen molar-refractivity contribution < 1.29 is 44.4 Å². The topological polar surface area (TPSA) is 101 Å². The summed E-state index contributed by atoms with van der Waals surface area (Å²) < 4.78 is 6.37. The summed E-state index contributed by atoms with van der Waals surface area (Å²) in [5, 5.41) is 24.4. The van der Waals surface area contributed by atoms with Crippen molar-refractivity contribution in [3.05, 3.63) is 20.7 Å². The van der Waals surface area contributed by atoms with Gasteiger partial charge in [-0.2, -0.15) is 0 Å². The number of halogens is 1. The van der Waals surface area contributed by atoms with Gasteiger partial charge in [0.1, 0.15) is 0 Å². The van der Waals surface area contributed by atoms with Crippen LogP contribution < -0.4 is 24.9 Å². The van der Waals surface area contributed by atoms with Crippen molar-refractivity contribution in [1.29, 1.82) is 0 Å². The van der Waals surface area contributed by atoms with Gasteiger partial charge in [0.15, 0.2) is 0 Å². The first-order valence-electron chi connectivity index (χ1n) is 5.16. The van der Waals surface area contributed by atoms with Crippen LogP contribution >= 0.6 is 0 Å². The Hall–Kier alpha value is -0.750. The zero-order valence-corrected chi connectivity index (χ0v) is 12.2. The van der Waals surface area contributed by atoms with E-state index in [1.807, 2.05) is 0 Å². The molecule has 0 amide bonds. The Kier molecular flexibility index (Phi) is 6.49. The molecule has 0 saturated heterocycles. The minimum atomic E-state index is -1.03. The van der Waals surface area contributed by atoms with E-state index in [0.717, 1.165) is 0 Å². The Balaban J connectivity index is 2.74. The van der Waals surface area contributed by atoms with E-state index in [-0.39, 0.29) is 23.2 Å². The third-order valence-corrected chi connectivity index (χ3v) is 3.87. The van der Waals surface area contributed by atoms with Crippen molar-refractivity contribution in [2.75, 3.05) is 13.7 Å². The summed E-state index contributed by atoms with van der Waals surface area (Å²) in [6, 6.07) is 1.60. The number of esters is 1. The van der Waals surface area contributed by atoms with Crippen LogP contribution in [0, 0.1) is 8.91 Å². The number of rotatable bonds is 7. The Morgan fingerprint density at radius 2 is 2.44 bits per heavy atom. The van der Waals surface area contributed by atoms with E-state index in [1.165, 1.54) is 11.8 Å².